The molecule has 7 N–H and O–H groups in total. The second-order valence-electron chi connectivity index (χ2n) is 9.41. The van der Waals surface area contributed by atoms with Gasteiger partial charge >= 0.3 is 7.60 Å². The van der Waals surface area contributed by atoms with Crippen molar-refractivity contribution in [2.24, 2.45) is 0 Å². The third-order valence-corrected chi connectivity index (χ3v) is 8.69. The Morgan fingerprint density at radius 3 is 2.67 bits per heavy atom. The van der Waals surface area contributed by atoms with E-state index < -0.39 is 57.3 Å². The van der Waals surface area contributed by atoms with Crippen LogP contribution in [0.25, 0.3) is 11.0 Å². The van der Waals surface area contributed by atoms with E-state index >= 15 is 0 Å². The van der Waals surface area contributed by atoms with E-state index in [1.807, 2.05) is 0 Å². The molecule has 1 aliphatic heterocycles. The van der Waals surface area contributed by atoms with Gasteiger partial charge in [-0.1, -0.05) is 6.07 Å². The summed E-state index contributed by atoms with van der Waals surface area (Å²) in [5, 5.41) is 45.2. The van der Waals surface area contributed by atoms with Gasteiger partial charge in [-0.2, -0.15) is 15.1 Å². The number of nitrogens with one attached hydrogen (secondary N) is 1. The number of aliphatic hydroxyl groups is 4. The van der Waals surface area contributed by atoms with Gasteiger partial charge in [-0.05, 0) is 47.7 Å². The highest BCUT2D eigenvalue weighted by Crippen LogP contribution is 2.51. The maximum Gasteiger partial charge on any atom is 0.361 e. The fraction of sp³-hybridized carbons (Fsp3) is 0.500. The van der Waals surface area contributed by atoms with E-state index in [1.165, 1.54) is 23.0 Å². The van der Waals surface area contributed by atoms with Crippen LogP contribution in [0.15, 0.2) is 24.4 Å². The van der Waals surface area contributed by atoms with Gasteiger partial charge in [0, 0.05) is 0 Å². The molecule has 5 rings (SSSR count). The molecule has 0 unspecified atom stereocenters. The molecule has 0 amide bonds. The Balaban J connectivity index is 1.39. The zero-order chi connectivity index (χ0) is 28.1. The number of benzene rings is 1. The molecule has 3 heterocycles. The Hall–Kier alpha value is -2.30. The van der Waals surface area contributed by atoms with Crippen LogP contribution < -0.4 is 5.32 Å². The molecule has 0 saturated carbocycles. The second kappa shape index (κ2) is 10.6. The van der Waals surface area contributed by atoms with Crippen molar-refractivity contribution in [3.05, 3.63) is 46.6 Å². The number of anilines is 1. The van der Waals surface area contributed by atoms with Gasteiger partial charge in [-0.15, -0.1) is 0 Å². The summed E-state index contributed by atoms with van der Waals surface area (Å²) in [6.45, 7) is -3.12. The second-order valence-corrected chi connectivity index (χ2v) is 11.7. The van der Waals surface area contributed by atoms with Crippen LogP contribution in [0.4, 0.5) is 10.2 Å². The van der Waals surface area contributed by atoms with Crippen molar-refractivity contribution in [3.8, 4) is 0 Å². The van der Waals surface area contributed by atoms with E-state index in [9.17, 15) is 39.2 Å². The van der Waals surface area contributed by atoms with Crippen molar-refractivity contribution in [1.29, 1.82) is 0 Å². The highest BCUT2D eigenvalue weighted by Gasteiger charge is 2.51. The molecule has 0 radical (unpaired) electrons. The average Bonchev–Trinajstić information content (AvgIpc) is 3.56. The molecule has 2 aliphatic rings. The Kier molecular flexibility index (Phi) is 7.67. The fourth-order valence-corrected chi connectivity index (χ4v) is 5.57. The molecule has 5 atom stereocenters. The van der Waals surface area contributed by atoms with E-state index in [0.29, 0.717) is 17.6 Å². The zero-order valence-corrected chi connectivity index (χ0v) is 21.8. The highest BCUT2D eigenvalue weighted by molar-refractivity contribution is 7.53. The topological polar surface area (TPSA) is 213 Å². The van der Waals surface area contributed by atoms with E-state index in [-0.39, 0.29) is 22.8 Å². The van der Waals surface area contributed by atoms with Crippen LogP contribution >= 0.6 is 19.2 Å². The number of fused-ring (bicyclic) bond motifs is 2. The SMILES string of the molecule is O=P(O)(O)C(CO)(CO)OC[C@H]1O[C@@H](n2ncc3c(N[C@@H]4CCc5ccc(F)cc54)nc(Cl)nc32)[C@H](O)[C@@H]1O. The molecule has 1 aromatic carbocycles. The minimum Gasteiger partial charge on any atom is -0.393 e. The number of hydrogen-bond acceptors (Lipinski definition) is 11. The molecule has 212 valence electrons. The van der Waals surface area contributed by atoms with Crippen LogP contribution in [0.3, 0.4) is 0 Å². The minimum absolute atomic E-state index is 0.142. The van der Waals surface area contributed by atoms with Gasteiger partial charge in [0.05, 0.1) is 37.4 Å². The summed E-state index contributed by atoms with van der Waals surface area (Å²) in [4.78, 5) is 27.5. The summed E-state index contributed by atoms with van der Waals surface area (Å²) >= 11 is 6.18. The molecular formula is C22H26ClFN5O9P. The average molecular weight is 590 g/mol. The van der Waals surface area contributed by atoms with Crippen molar-refractivity contribution in [3.63, 3.8) is 0 Å². The van der Waals surface area contributed by atoms with Gasteiger partial charge in [0.25, 0.3) is 0 Å². The molecule has 0 spiro atoms. The van der Waals surface area contributed by atoms with Gasteiger partial charge in [0.1, 0.15) is 29.9 Å². The van der Waals surface area contributed by atoms with Crippen molar-refractivity contribution in [2.75, 3.05) is 25.1 Å². The molecule has 1 aliphatic carbocycles. The monoisotopic (exact) mass is 589 g/mol. The molecule has 1 fully saturated rings. The molecule has 17 heteroatoms. The van der Waals surface area contributed by atoms with Crippen LogP contribution in [0.2, 0.25) is 5.28 Å². The van der Waals surface area contributed by atoms with Crippen LogP contribution in [0.1, 0.15) is 29.8 Å². The summed E-state index contributed by atoms with van der Waals surface area (Å²) in [5.74, 6) is -0.0507. The van der Waals surface area contributed by atoms with Crippen LogP contribution in [0.5, 0.6) is 0 Å². The Labute approximate surface area is 225 Å². The lowest BCUT2D eigenvalue weighted by atomic mass is 10.1. The Bertz CT molecular complexity index is 1420. The number of aliphatic hydroxyl groups excluding tert-OH is 4. The molecule has 14 nitrogen and oxygen atoms in total. The lowest BCUT2D eigenvalue weighted by Gasteiger charge is -2.31. The molecular weight excluding hydrogens is 564 g/mol. The molecule has 39 heavy (non-hydrogen) atoms. The third kappa shape index (κ3) is 5.04. The van der Waals surface area contributed by atoms with Crippen molar-refractivity contribution in [2.45, 2.75) is 48.8 Å². The van der Waals surface area contributed by atoms with Crippen molar-refractivity contribution < 1.29 is 48.6 Å². The Morgan fingerprint density at radius 1 is 1.23 bits per heavy atom. The minimum atomic E-state index is -5.14. The van der Waals surface area contributed by atoms with E-state index in [2.05, 4.69) is 20.4 Å². The molecule has 3 aromatic rings. The quantitative estimate of drug-likeness (QED) is 0.131. The van der Waals surface area contributed by atoms with Crippen molar-refractivity contribution in [1.82, 2.24) is 19.7 Å². The Morgan fingerprint density at radius 2 is 1.97 bits per heavy atom. The highest BCUT2D eigenvalue weighted by atomic mass is 35.5. The summed E-state index contributed by atoms with van der Waals surface area (Å²) < 4.78 is 37.6. The van der Waals surface area contributed by atoms with Gasteiger partial charge in [0.2, 0.25) is 10.6 Å². The number of aromatic nitrogens is 4. The molecule has 1 saturated heterocycles. The van der Waals surface area contributed by atoms with Gasteiger partial charge in [-0.3, -0.25) is 4.57 Å². The fourth-order valence-electron chi connectivity index (χ4n) is 4.80. The van der Waals surface area contributed by atoms with E-state index in [4.69, 9.17) is 21.1 Å². The summed E-state index contributed by atoms with van der Waals surface area (Å²) in [6.07, 6.45) is -2.99. The predicted octanol–water partition coefficient (Wildman–Crippen LogP) is 0.213. The molecule has 2 aromatic heterocycles. The summed E-state index contributed by atoms with van der Waals surface area (Å²) in [6, 6.07) is 4.36. The summed E-state index contributed by atoms with van der Waals surface area (Å²) in [7, 11) is -5.14. The number of hydrogen-bond donors (Lipinski definition) is 7. The molecule has 0 bridgehead atoms. The maximum absolute atomic E-state index is 13.9. The first kappa shape index (κ1) is 28.2. The van der Waals surface area contributed by atoms with E-state index in [1.54, 1.807) is 6.07 Å². The van der Waals surface area contributed by atoms with E-state index in [0.717, 1.165) is 17.5 Å². The third-order valence-electron chi connectivity index (χ3n) is 7.04. The predicted molar refractivity (Wildman–Crippen MR) is 132 cm³/mol. The zero-order valence-electron chi connectivity index (χ0n) is 20.1. The first-order valence-electron chi connectivity index (χ1n) is 11.9. The number of nitrogens with zero attached hydrogens (tertiary/aromatic N) is 4. The van der Waals surface area contributed by atoms with Crippen LogP contribution in [0, 0.1) is 5.82 Å². The number of ether oxygens (including phenoxy) is 2. The first-order valence-corrected chi connectivity index (χ1v) is 13.9. The summed E-state index contributed by atoms with van der Waals surface area (Å²) in [5.41, 5.74) is 1.95. The van der Waals surface area contributed by atoms with Gasteiger partial charge in [-0.25, -0.2) is 9.07 Å². The van der Waals surface area contributed by atoms with Gasteiger partial charge in [0.15, 0.2) is 11.9 Å². The normalized spacial score (nSPS) is 25.4. The lowest BCUT2D eigenvalue weighted by Crippen LogP contribution is -2.44. The first-order chi connectivity index (χ1) is 18.5. The smallest absolute Gasteiger partial charge is 0.361 e. The number of rotatable bonds is 9. The lowest BCUT2D eigenvalue weighted by molar-refractivity contribution is -0.121. The van der Waals surface area contributed by atoms with Gasteiger partial charge < -0.3 is 45.0 Å². The van der Waals surface area contributed by atoms with Crippen molar-refractivity contribution >= 4 is 36.0 Å². The largest absolute Gasteiger partial charge is 0.393 e. The number of halogens is 2. The van der Waals surface area contributed by atoms with Crippen LogP contribution in [-0.4, -0.2) is 93.4 Å². The number of aryl methyl sites for hydroxylation is 1. The maximum atomic E-state index is 13.9. The standard InChI is InChI=1S/C22H26ClFN5O9P/c23-21-27-18(26-14-4-2-10-1-3-11(24)5-12(10)14)13-6-25-29(19(13)28-21)20-17(33)16(32)15(38-20)7-37-22(8-30,9-31)39(34,35)36/h1,3,5-6,14-17,20,30-33H,2,4,7-9H2,(H,26,27,28)(H2,34,35,36)/t14-,15-,16-,17-,20-/m1/s1. The van der Waals surface area contributed by atoms with Crippen LogP contribution in [-0.2, 0) is 20.5 Å².